The second-order valence-electron chi connectivity index (χ2n) is 5.80. The molecule has 0 heterocycles. The van der Waals surface area contributed by atoms with Crippen molar-refractivity contribution < 1.29 is 9.53 Å². The van der Waals surface area contributed by atoms with E-state index >= 15 is 0 Å². The first kappa shape index (κ1) is 17.6. The van der Waals surface area contributed by atoms with E-state index in [9.17, 15) is 4.79 Å². The molecule has 0 spiro atoms. The van der Waals surface area contributed by atoms with Crippen molar-refractivity contribution in [3.8, 4) is 11.8 Å². The molecule has 0 saturated heterocycles. The van der Waals surface area contributed by atoms with Crippen LogP contribution in [0.2, 0.25) is 0 Å². The lowest BCUT2D eigenvalue weighted by atomic mass is 10.1. The normalized spacial score (nSPS) is 12.7. The maximum Gasteiger partial charge on any atom is 0.260 e. The Labute approximate surface area is 143 Å². The summed E-state index contributed by atoms with van der Waals surface area (Å²) in [5.41, 5.74) is 1.68. The number of hydrogen-bond acceptors (Lipinski definition) is 3. The number of nitrogens with zero attached hydrogens (tertiary/aromatic N) is 1. The summed E-state index contributed by atoms with van der Waals surface area (Å²) in [6, 6.07) is 19.2. The monoisotopic (exact) mass is 322 g/mol. The number of hydrogen-bond donors (Lipinski definition) is 1. The van der Waals surface area contributed by atoms with E-state index < -0.39 is 6.10 Å². The summed E-state index contributed by atoms with van der Waals surface area (Å²) >= 11 is 0. The zero-order valence-electron chi connectivity index (χ0n) is 14.0. The molecule has 0 aliphatic heterocycles. The molecule has 4 heteroatoms. The smallest absolute Gasteiger partial charge is 0.260 e. The maximum atomic E-state index is 12.2. The van der Waals surface area contributed by atoms with Gasteiger partial charge in [-0.25, -0.2) is 0 Å². The number of carbonyl (C=O) groups excluding carboxylic acids is 1. The van der Waals surface area contributed by atoms with Crippen LogP contribution in [-0.4, -0.2) is 18.1 Å². The van der Waals surface area contributed by atoms with Crippen molar-refractivity contribution in [2.75, 3.05) is 0 Å². The lowest BCUT2D eigenvalue weighted by Gasteiger charge is -2.19. The Balaban J connectivity index is 1.83. The Morgan fingerprint density at radius 3 is 2.50 bits per heavy atom. The van der Waals surface area contributed by atoms with E-state index in [1.165, 1.54) is 5.56 Å². The van der Waals surface area contributed by atoms with Crippen molar-refractivity contribution in [3.63, 3.8) is 0 Å². The molecule has 0 bridgehead atoms. The zero-order valence-corrected chi connectivity index (χ0v) is 14.0. The van der Waals surface area contributed by atoms with E-state index in [0.29, 0.717) is 11.3 Å². The molecule has 0 aromatic heterocycles. The van der Waals surface area contributed by atoms with Crippen molar-refractivity contribution in [2.45, 2.75) is 38.8 Å². The van der Waals surface area contributed by atoms with Crippen LogP contribution in [0.25, 0.3) is 0 Å². The van der Waals surface area contributed by atoms with Gasteiger partial charge in [0.05, 0.1) is 5.56 Å². The van der Waals surface area contributed by atoms with Gasteiger partial charge in [0, 0.05) is 6.04 Å². The third-order valence-electron chi connectivity index (χ3n) is 3.78. The average Bonchev–Trinajstić information content (AvgIpc) is 2.61. The Hall–Kier alpha value is -2.80. The molecule has 124 valence electrons. The lowest BCUT2D eigenvalue weighted by Crippen LogP contribution is -2.41. The molecule has 0 radical (unpaired) electrons. The van der Waals surface area contributed by atoms with E-state index in [1.807, 2.05) is 25.1 Å². The van der Waals surface area contributed by atoms with Crippen molar-refractivity contribution >= 4 is 5.91 Å². The van der Waals surface area contributed by atoms with Crippen LogP contribution in [0.1, 0.15) is 31.4 Å². The molecule has 4 nitrogen and oxygen atoms in total. The van der Waals surface area contributed by atoms with Gasteiger partial charge in [-0.2, -0.15) is 5.26 Å². The molecule has 0 unspecified atom stereocenters. The van der Waals surface area contributed by atoms with Gasteiger partial charge >= 0.3 is 0 Å². The van der Waals surface area contributed by atoms with Crippen LogP contribution in [0.4, 0.5) is 0 Å². The van der Waals surface area contributed by atoms with E-state index in [-0.39, 0.29) is 11.9 Å². The Morgan fingerprint density at radius 1 is 1.12 bits per heavy atom. The molecule has 2 atom stereocenters. The minimum absolute atomic E-state index is 0.0509. The van der Waals surface area contributed by atoms with Crippen LogP contribution >= 0.6 is 0 Å². The number of carbonyl (C=O) groups is 1. The zero-order chi connectivity index (χ0) is 17.4. The molecule has 1 N–H and O–H groups in total. The molecule has 2 aromatic carbocycles. The fourth-order valence-corrected chi connectivity index (χ4v) is 2.37. The Bertz CT molecular complexity index is 707. The van der Waals surface area contributed by atoms with E-state index in [1.54, 1.807) is 31.2 Å². The fraction of sp³-hybridized carbons (Fsp3) is 0.300. The number of nitriles is 1. The second-order valence-corrected chi connectivity index (χ2v) is 5.80. The highest BCUT2D eigenvalue weighted by molar-refractivity contribution is 5.81. The van der Waals surface area contributed by atoms with Crippen molar-refractivity contribution in [3.05, 3.63) is 65.7 Å². The van der Waals surface area contributed by atoms with Crippen molar-refractivity contribution in [2.24, 2.45) is 0 Å². The van der Waals surface area contributed by atoms with Crippen LogP contribution in [0, 0.1) is 11.3 Å². The van der Waals surface area contributed by atoms with Gasteiger partial charge in [0.2, 0.25) is 0 Å². The Kier molecular flexibility index (Phi) is 6.39. The highest BCUT2D eigenvalue weighted by atomic mass is 16.5. The minimum atomic E-state index is -0.654. The first-order chi connectivity index (χ1) is 11.6. The first-order valence-corrected chi connectivity index (χ1v) is 8.10. The van der Waals surface area contributed by atoms with Crippen LogP contribution in [0.3, 0.4) is 0 Å². The fourth-order valence-electron chi connectivity index (χ4n) is 2.37. The summed E-state index contributed by atoms with van der Waals surface area (Å²) in [6.45, 7) is 3.67. The molecular weight excluding hydrogens is 300 g/mol. The Morgan fingerprint density at radius 2 is 1.79 bits per heavy atom. The predicted octanol–water partition coefficient (Wildman–Crippen LogP) is 3.46. The summed E-state index contributed by atoms with van der Waals surface area (Å²) in [7, 11) is 0. The third-order valence-corrected chi connectivity index (χ3v) is 3.78. The highest BCUT2D eigenvalue weighted by Gasteiger charge is 2.18. The number of aryl methyl sites for hydroxylation is 1. The van der Waals surface area contributed by atoms with Crippen molar-refractivity contribution in [1.29, 1.82) is 5.26 Å². The van der Waals surface area contributed by atoms with Crippen LogP contribution in [0.5, 0.6) is 5.75 Å². The summed E-state index contributed by atoms with van der Waals surface area (Å²) < 4.78 is 5.63. The summed E-state index contributed by atoms with van der Waals surface area (Å²) in [4.78, 5) is 12.2. The number of ether oxygens (including phenoxy) is 1. The maximum absolute atomic E-state index is 12.2. The molecule has 0 aliphatic rings. The highest BCUT2D eigenvalue weighted by Crippen LogP contribution is 2.18. The van der Waals surface area contributed by atoms with Crippen LogP contribution in [0.15, 0.2) is 54.6 Å². The summed E-state index contributed by atoms with van der Waals surface area (Å²) in [6.07, 6.45) is 1.12. The summed E-state index contributed by atoms with van der Waals surface area (Å²) in [5, 5.41) is 12.0. The van der Waals surface area contributed by atoms with Gasteiger partial charge in [0.25, 0.3) is 5.91 Å². The van der Waals surface area contributed by atoms with Gasteiger partial charge in [0.1, 0.15) is 11.8 Å². The largest absolute Gasteiger partial charge is 0.480 e. The average molecular weight is 322 g/mol. The summed E-state index contributed by atoms with van der Waals surface area (Å²) in [5.74, 6) is 0.253. The topological polar surface area (TPSA) is 62.1 Å². The molecule has 2 rings (SSSR count). The van der Waals surface area contributed by atoms with Gasteiger partial charge < -0.3 is 10.1 Å². The van der Waals surface area contributed by atoms with Crippen LogP contribution < -0.4 is 10.1 Å². The van der Waals surface area contributed by atoms with E-state index in [4.69, 9.17) is 10.00 Å². The van der Waals surface area contributed by atoms with Gasteiger partial charge in [-0.3, -0.25) is 4.79 Å². The second kappa shape index (κ2) is 8.73. The van der Waals surface area contributed by atoms with Gasteiger partial charge in [-0.05, 0) is 44.4 Å². The quantitative estimate of drug-likeness (QED) is 0.849. The van der Waals surface area contributed by atoms with Gasteiger partial charge in [-0.1, -0.05) is 42.5 Å². The SMILES string of the molecule is C[C@H](CCc1ccccc1)NC(=O)[C@@H](C)Oc1ccccc1C#N. The molecular formula is C20H22N2O2. The number of nitrogens with one attached hydrogen (secondary N) is 1. The number of para-hydroxylation sites is 1. The predicted molar refractivity (Wildman–Crippen MR) is 93.6 cm³/mol. The molecule has 24 heavy (non-hydrogen) atoms. The molecule has 0 aliphatic carbocycles. The standard InChI is InChI=1S/C20H22N2O2/c1-15(12-13-17-8-4-3-5-9-17)22-20(23)16(2)24-19-11-7-6-10-18(19)14-21/h3-11,15-16H,12-13H2,1-2H3,(H,22,23)/t15-,16-/m1/s1. The number of rotatable bonds is 7. The van der Waals surface area contributed by atoms with Crippen molar-refractivity contribution in [1.82, 2.24) is 5.32 Å². The molecule has 1 amide bonds. The molecule has 0 saturated carbocycles. The number of amides is 1. The minimum Gasteiger partial charge on any atom is -0.480 e. The third kappa shape index (κ3) is 5.13. The van der Waals surface area contributed by atoms with E-state index in [0.717, 1.165) is 12.8 Å². The van der Waals surface area contributed by atoms with Gasteiger partial charge in [0.15, 0.2) is 6.10 Å². The molecule has 2 aromatic rings. The number of benzene rings is 2. The molecule has 0 fully saturated rings. The van der Waals surface area contributed by atoms with Gasteiger partial charge in [-0.15, -0.1) is 0 Å². The lowest BCUT2D eigenvalue weighted by molar-refractivity contribution is -0.127. The van der Waals surface area contributed by atoms with Crippen LogP contribution in [-0.2, 0) is 11.2 Å². The van der Waals surface area contributed by atoms with E-state index in [2.05, 4.69) is 23.5 Å². The first-order valence-electron chi connectivity index (χ1n) is 8.10.